The third-order valence-corrected chi connectivity index (χ3v) is 8.99. The Morgan fingerprint density at radius 3 is 1.97 bits per heavy atom. The van der Waals surface area contributed by atoms with Gasteiger partial charge in [-0.1, -0.05) is 96.8 Å². The molecule has 2 rings (SSSR count). The fourth-order valence-electron chi connectivity index (χ4n) is 5.38. The molecule has 3 atom stereocenters. The zero-order chi connectivity index (χ0) is 22.5. The predicted molar refractivity (Wildman–Crippen MR) is 143 cm³/mol. The van der Waals surface area contributed by atoms with Gasteiger partial charge in [-0.2, -0.15) is 11.8 Å². The van der Waals surface area contributed by atoms with Crippen LogP contribution in [-0.2, 0) is 9.47 Å². The van der Waals surface area contributed by atoms with Gasteiger partial charge < -0.3 is 9.47 Å². The second-order valence-corrected chi connectivity index (χ2v) is 11.8. The van der Waals surface area contributed by atoms with Crippen molar-refractivity contribution in [1.82, 2.24) is 0 Å². The first-order valence-corrected chi connectivity index (χ1v) is 15.8. The molecule has 0 radical (unpaired) electrons. The maximum atomic E-state index is 6.17. The third-order valence-electron chi connectivity index (χ3n) is 7.50. The lowest BCUT2D eigenvalue weighted by Gasteiger charge is -2.30. The highest BCUT2D eigenvalue weighted by molar-refractivity contribution is 7.99. The van der Waals surface area contributed by atoms with Crippen LogP contribution in [0, 0.1) is 0 Å². The Hall–Kier alpha value is 0.270. The topological polar surface area (TPSA) is 18.5 Å². The van der Waals surface area contributed by atoms with Gasteiger partial charge >= 0.3 is 0 Å². The normalized spacial score (nSPS) is 22.4. The SMILES string of the molecule is CCCCCCCC(SCCCCCCCCCCCCC1CCCO1)C1CCCCO1. The van der Waals surface area contributed by atoms with Crippen molar-refractivity contribution in [3.05, 3.63) is 0 Å². The second kappa shape index (κ2) is 20.6. The van der Waals surface area contributed by atoms with E-state index in [1.165, 1.54) is 147 Å². The molecule has 2 aliphatic heterocycles. The van der Waals surface area contributed by atoms with Crippen molar-refractivity contribution in [3.63, 3.8) is 0 Å². The summed E-state index contributed by atoms with van der Waals surface area (Å²) >= 11 is 2.25. The molecule has 2 aliphatic rings. The van der Waals surface area contributed by atoms with Gasteiger partial charge in [-0.05, 0) is 57.1 Å². The highest BCUT2D eigenvalue weighted by Crippen LogP contribution is 2.30. The molecule has 0 N–H and O–H groups in total. The lowest BCUT2D eigenvalue weighted by molar-refractivity contribution is 0.0137. The van der Waals surface area contributed by atoms with E-state index in [4.69, 9.17) is 9.47 Å². The first-order chi connectivity index (χ1) is 15.9. The largest absolute Gasteiger partial charge is 0.378 e. The molecule has 0 amide bonds. The summed E-state index contributed by atoms with van der Waals surface area (Å²) in [6.45, 7) is 4.33. The van der Waals surface area contributed by atoms with E-state index in [2.05, 4.69) is 18.7 Å². The highest BCUT2D eigenvalue weighted by Gasteiger charge is 2.24. The number of hydrogen-bond donors (Lipinski definition) is 0. The van der Waals surface area contributed by atoms with E-state index in [-0.39, 0.29) is 0 Å². The molecule has 0 aromatic carbocycles. The van der Waals surface area contributed by atoms with E-state index in [0.29, 0.717) is 12.2 Å². The fourth-order valence-corrected chi connectivity index (χ4v) is 6.82. The van der Waals surface area contributed by atoms with Gasteiger partial charge in [0.1, 0.15) is 0 Å². The van der Waals surface area contributed by atoms with Gasteiger partial charge in [-0.3, -0.25) is 0 Å². The molecule has 32 heavy (non-hydrogen) atoms. The van der Waals surface area contributed by atoms with E-state index in [0.717, 1.165) is 18.5 Å². The van der Waals surface area contributed by atoms with Crippen LogP contribution < -0.4 is 0 Å². The molecule has 2 fully saturated rings. The minimum atomic E-state index is 0.547. The molecule has 2 heterocycles. The van der Waals surface area contributed by atoms with E-state index in [9.17, 15) is 0 Å². The average molecular weight is 469 g/mol. The van der Waals surface area contributed by atoms with Crippen LogP contribution in [0.15, 0.2) is 0 Å². The minimum Gasteiger partial charge on any atom is -0.378 e. The first kappa shape index (κ1) is 28.5. The lowest BCUT2D eigenvalue weighted by atomic mass is 10.0. The molecule has 0 saturated carbocycles. The molecule has 190 valence electrons. The zero-order valence-electron chi connectivity index (χ0n) is 21.6. The Morgan fingerprint density at radius 1 is 0.656 bits per heavy atom. The Kier molecular flexibility index (Phi) is 18.4. The number of thioether (sulfide) groups is 1. The van der Waals surface area contributed by atoms with Crippen molar-refractivity contribution in [3.8, 4) is 0 Å². The van der Waals surface area contributed by atoms with Crippen molar-refractivity contribution < 1.29 is 9.47 Å². The molecule has 0 bridgehead atoms. The number of unbranched alkanes of at least 4 members (excludes halogenated alkanes) is 13. The van der Waals surface area contributed by atoms with E-state index in [1.807, 2.05) is 0 Å². The fraction of sp³-hybridized carbons (Fsp3) is 1.00. The summed E-state index contributed by atoms with van der Waals surface area (Å²) in [4.78, 5) is 0. The van der Waals surface area contributed by atoms with E-state index in [1.54, 1.807) is 0 Å². The van der Waals surface area contributed by atoms with Crippen LogP contribution in [0.3, 0.4) is 0 Å². The maximum Gasteiger partial charge on any atom is 0.0693 e. The van der Waals surface area contributed by atoms with Gasteiger partial charge in [-0.15, -0.1) is 0 Å². The zero-order valence-corrected chi connectivity index (χ0v) is 22.5. The molecule has 3 heteroatoms. The Bertz CT molecular complexity index is 391. The number of ether oxygens (including phenoxy) is 2. The molecular weight excluding hydrogens is 412 g/mol. The molecular formula is C29H56O2S. The van der Waals surface area contributed by atoms with Crippen molar-refractivity contribution in [1.29, 1.82) is 0 Å². The Morgan fingerprint density at radius 2 is 1.31 bits per heavy atom. The van der Waals surface area contributed by atoms with Gasteiger partial charge in [0.15, 0.2) is 0 Å². The summed E-state index contributed by atoms with van der Waals surface area (Å²) in [6, 6.07) is 0. The third kappa shape index (κ3) is 14.5. The van der Waals surface area contributed by atoms with Crippen LogP contribution in [-0.4, -0.2) is 36.4 Å². The standard InChI is InChI=1S/C29H56O2S/c1-2-3-4-11-15-23-29(28-22-16-17-24-31-28)32-26-18-13-10-8-6-5-7-9-12-14-20-27-21-19-25-30-27/h27-29H,2-26H2,1H3. The van der Waals surface area contributed by atoms with Crippen LogP contribution in [0.2, 0.25) is 0 Å². The van der Waals surface area contributed by atoms with E-state index < -0.39 is 0 Å². The van der Waals surface area contributed by atoms with Gasteiger partial charge in [0, 0.05) is 18.5 Å². The van der Waals surface area contributed by atoms with Crippen LogP contribution in [0.5, 0.6) is 0 Å². The minimum absolute atomic E-state index is 0.547. The molecule has 0 spiro atoms. The van der Waals surface area contributed by atoms with Crippen molar-refractivity contribution in [2.45, 2.75) is 166 Å². The molecule has 0 aromatic heterocycles. The molecule has 0 aromatic rings. The van der Waals surface area contributed by atoms with Crippen LogP contribution >= 0.6 is 11.8 Å². The van der Waals surface area contributed by atoms with Crippen molar-refractivity contribution in [2.75, 3.05) is 19.0 Å². The van der Waals surface area contributed by atoms with Crippen LogP contribution in [0.4, 0.5) is 0 Å². The van der Waals surface area contributed by atoms with Crippen molar-refractivity contribution >= 4 is 11.8 Å². The number of hydrogen-bond acceptors (Lipinski definition) is 3. The summed E-state index contributed by atoms with van der Waals surface area (Å²) in [5.41, 5.74) is 0. The van der Waals surface area contributed by atoms with Crippen molar-refractivity contribution in [2.24, 2.45) is 0 Å². The monoisotopic (exact) mass is 468 g/mol. The molecule has 2 nitrogen and oxygen atoms in total. The quantitative estimate of drug-likeness (QED) is 0.156. The molecule has 2 saturated heterocycles. The highest BCUT2D eigenvalue weighted by atomic mass is 32.2. The second-order valence-electron chi connectivity index (χ2n) is 10.5. The summed E-state index contributed by atoms with van der Waals surface area (Å²) in [7, 11) is 0. The first-order valence-electron chi connectivity index (χ1n) is 14.7. The Balaban J connectivity index is 1.38. The predicted octanol–water partition coefficient (Wildman–Crippen LogP) is 9.49. The lowest BCUT2D eigenvalue weighted by Crippen LogP contribution is -2.30. The van der Waals surface area contributed by atoms with Crippen LogP contribution in [0.1, 0.15) is 148 Å². The Labute approximate surface area is 205 Å². The number of rotatable bonds is 21. The van der Waals surface area contributed by atoms with E-state index >= 15 is 0 Å². The summed E-state index contributed by atoms with van der Waals surface area (Å²) in [6.07, 6.45) is 31.8. The maximum absolute atomic E-state index is 6.17. The van der Waals surface area contributed by atoms with Crippen LogP contribution in [0.25, 0.3) is 0 Å². The molecule has 3 unspecified atom stereocenters. The van der Waals surface area contributed by atoms with Gasteiger partial charge in [0.25, 0.3) is 0 Å². The average Bonchev–Trinajstić information content (AvgIpc) is 3.34. The van der Waals surface area contributed by atoms with Gasteiger partial charge in [0.2, 0.25) is 0 Å². The smallest absolute Gasteiger partial charge is 0.0693 e. The van der Waals surface area contributed by atoms with Gasteiger partial charge in [0.05, 0.1) is 12.2 Å². The molecule has 0 aliphatic carbocycles. The summed E-state index contributed by atoms with van der Waals surface area (Å²) in [5.74, 6) is 1.35. The van der Waals surface area contributed by atoms with Gasteiger partial charge in [-0.25, -0.2) is 0 Å². The summed E-state index contributed by atoms with van der Waals surface area (Å²) < 4.78 is 11.9. The summed E-state index contributed by atoms with van der Waals surface area (Å²) in [5, 5.41) is 0.761.